The standard InChI is InChI=1S/C15H21NO3/c1-11(12-7-5-4-6-8-12)16-13(17)9-15(2,3)10-14(18)19/h4-8,11H,9-10H2,1-3H3,(H,16,17)(H,18,19)/t11-/m0/s1. The molecular formula is C15H21NO3. The van der Waals surface area contributed by atoms with Gasteiger partial charge in [0.15, 0.2) is 0 Å². The van der Waals surface area contributed by atoms with Crippen molar-refractivity contribution < 1.29 is 14.7 Å². The van der Waals surface area contributed by atoms with Crippen LogP contribution in [-0.2, 0) is 9.59 Å². The van der Waals surface area contributed by atoms with Crippen molar-refractivity contribution in [1.82, 2.24) is 5.32 Å². The average Bonchev–Trinajstić information content (AvgIpc) is 2.27. The first-order valence-electron chi connectivity index (χ1n) is 6.36. The normalized spacial score (nSPS) is 12.8. The van der Waals surface area contributed by atoms with Crippen LogP contribution >= 0.6 is 0 Å². The van der Waals surface area contributed by atoms with Gasteiger partial charge < -0.3 is 10.4 Å². The Balaban J connectivity index is 2.54. The number of nitrogens with one attached hydrogen (secondary N) is 1. The van der Waals surface area contributed by atoms with Crippen LogP contribution in [0, 0.1) is 5.41 Å². The molecule has 1 aromatic rings. The Kier molecular flexibility index (Phi) is 5.10. The Morgan fingerprint density at radius 2 is 1.79 bits per heavy atom. The molecule has 2 N–H and O–H groups in total. The molecule has 1 amide bonds. The monoisotopic (exact) mass is 263 g/mol. The van der Waals surface area contributed by atoms with Crippen LogP contribution in [0.4, 0.5) is 0 Å². The third-order valence-electron chi connectivity index (χ3n) is 2.95. The molecule has 4 nitrogen and oxygen atoms in total. The predicted octanol–water partition coefficient (Wildman–Crippen LogP) is 2.75. The lowest BCUT2D eigenvalue weighted by atomic mass is 9.85. The molecule has 0 aliphatic carbocycles. The van der Waals surface area contributed by atoms with E-state index in [9.17, 15) is 9.59 Å². The van der Waals surface area contributed by atoms with E-state index in [0.29, 0.717) is 0 Å². The van der Waals surface area contributed by atoms with Gasteiger partial charge >= 0.3 is 5.97 Å². The number of hydrogen-bond acceptors (Lipinski definition) is 2. The molecule has 1 atom stereocenters. The molecule has 0 heterocycles. The summed E-state index contributed by atoms with van der Waals surface area (Å²) in [5.74, 6) is -1.00. The minimum absolute atomic E-state index is 0.0138. The molecule has 0 saturated carbocycles. The fraction of sp³-hybridized carbons (Fsp3) is 0.467. The first kappa shape index (κ1) is 15.2. The molecular weight excluding hydrogens is 242 g/mol. The van der Waals surface area contributed by atoms with Crippen LogP contribution in [0.2, 0.25) is 0 Å². The molecule has 0 spiro atoms. The van der Waals surface area contributed by atoms with Crippen molar-refractivity contribution in [2.24, 2.45) is 5.41 Å². The number of aliphatic carboxylic acids is 1. The molecule has 4 heteroatoms. The third-order valence-corrected chi connectivity index (χ3v) is 2.95. The van der Waals surface area contributed by atoms with Crippen LogP contribution in [0.3, 0.4) is 0 Å². The number of hydrogen-bond donors (Lipinski definition) is 2. The third kappa shape index (κ3) is 5.55. The number of carboxylic acids is 1. The molecule has 19 heavy (non-hydrogen) atoms. The van der Waals surface area contributed by atoms with Crippen molar-refractivity contribution in [1.29, 1.82) is 0 Å². The smallest absolute Gasteiger partial charge is 0.303 e. The molecule has 0 saturated heterocycles. The molecule has 0 unspecified atom stereocenters. The summed E-state index contributed by atoms with van der Waals surface area (Å²) in [6.45, 7) is 5.49. The van der Waals surface area contributed by atoms with Crippen molar-refractivity contribution in [2.45, 2.75) is 39.7 Å². The number of rotatable bonds is 6. The van der Waals surface area contributed by atoms with Crippen molar-refractivity contribution in [3.05, 3.63) is 35.9 Å². The Morgan fingerprint density at radius 1 is 1.21 bits per heavy atom. The van der Waals surface area contributed by atoms with E-state index in [1.54, 1.807) is 13.8 Å². The molecule has 0 aliphatic rings. The van der Waals surface area contributed by atoms with Crippen LogP contribution in [0.1, 0.15) is 45.2 Å². The van der Waals surface area contributed by atoms with Gasteiger partial charge in [-0.05, 0) is 17.9 Å². The van der Waals surface area contributed by atoms with Crippen LogP contribution in [0.5, 0.6) is 0 Å². The lowest BCUT2D eigenvalue weighted by Crippen LogP contribution is -2.31. The summed E-state index contributed by atoms with van der Waals surface area (Å²) in [6.07, 6.45) is 0.191. The topological polar surface area (TPSA) is 66.4 Å². The quantitative estimate of drug-likeness (QED) is 0.829. The average molecular weight is 263 g/mol. The van der Waals surface area contributed by atoms with Gasteiger partial charge in [-0.1, -0.05) is 44.2 Å². The number of carbonyl (C=O) groups is 2. The Labute approximate surface area is 113 Å². The summed E-state index contributed by atoms with van der Waals surface area (Å²) >= 11 is 0. The fourth-order valence-corrected chi connectivity index (χ4v) is 2.02. The lowest BCUT2D eigenvalue weighted by Gasteiger charge is -2.23. The van der Waals surface area contributed by atoms with Gasteiger partial charge in [-0.3, -0.25) is 9.59 Å². The number of carboxylic acid groups (broad SMARTS) is 1. The Bertz CT molecular complexity index is 440. The second-order valence-electron chi connectivity index (χ2n) is 5.61. The van der Waals surface area contributed by atoms with Gasteiger partial charge in [-0.25, -0.2) is 0 Å². The summed E-state index contributed by atoms with van der Waals surface area (Å²) in [5, 5.41) is 11.7. The second kappa shape index (κ2) is 6.36. The van der Waals surface area contributed by atoms with Crippen LogP contribution in [-0.4, -0.2) is 17.0 Å². The van der Waals surface area contributed by atoms with Crippen molar-refractivity contribution in [2.75, 3.05) is 0 Å². The second-order valence-corrected chi connectivity index (χ2v) is 5.61. The molecule has 0 fully saturated rings. The van der Waals surface area contributed by atoms with Crippen molar-refractivity contribution in [3.8, 4) is 0 Å². The highest BCUT2D eigenvalue weighted by Gasteiger charge is 2.25. The highest BCUT2D eigenvalue weighted by Crippen LogP contribution is 2.25. The fourth-order valence-electron chi connectivity index (χ4n) is 2.02. The first-order valence-corrected chi connectivity index (χ1v) is 6.36. The molecule has 0 bridgehead atoms. The molecule has 104 valence electrons. The molecule has 0 aliphatic heterocycles. The van der Waals surface area contributed by atoms with E-state index in [-0.39, 0.29) is 24.8 Å². The van der Waals surface area contributed by atoms with Gasteiger partial charge in [0, 0.05) is 6.42 Å². The van der Waals surface area contributed by atoms with E-state index < -0.39 is 11.4 Å². The van der Waals surface area contributed by atoms with Crippen molar-refractivity contribution in [3.63, 3.8) is 0 Å². The zero-order chi connectivity index (χ0) is 14.5. The van der Waals surface area contributed by atoms with Crippen LogP contribution < -0.4 is 5.32 Å². The van der Waals surface area contributed by atoms with Crippen LogP contribution in [0.15, 0.2) is 30.3 Å². The maximum atomic E-state index is 11.9. The van der Waals surface area contributed by atoms with E-state index in [0.717, 1.165) is 5.56 Å². The van der Waals surface area contributed by atoms with E-state index in [2.05, 4.69) is 5.32 Å². The van der Waals surface area contributed by atoms with E-state index in [1.165, 1.54) is 0 Å². The maximum Gasteiger partial charge on any atom is 0.303 e. The zero-order valence-electron chi connectivity index (χ0n) is 11.6. The molecule has 1 rings (SSSR count). The minimum atomic E-state index is -0.881. The van der Waals surface area contributed by atoms with Gasteiger partial charge in [0.2, 0.25) is 5.91 Å². The van der Waals surface area contributed by atoms with Gasteiger partial charge in [0.25, 0.3) is 0 Å². The van der Waals surface area contributed by atoms with E-state index in [4.69, 9.17) is 5.11 Å². The summed E-state index contributed by atoms with van der Waals surface area (Å²) in [6, 6.07) is 9.60. The number of benzene rings is 1. The number of amides is 1. The van der Waals surface area contributed by atoms with Gasteiger partial charge in [0.1, 0.15) is 0 Å². The summed E-state index contributed by atoms with van der Waals surface area (Å²) in [4.78, 5) is 22.6. The largest absolute Gasteiger partial charge is 0.481 e. The summed E-state index contributed by atoms with van der Waals surface area (Å²) in [5.41, 5.74) is 0.499. The highest BCUT2D eigenvalue weighted by molar-refractivity contribution is 5.78. The molecule has 0 aromatic heterocycles. The van der Waals surface area contributed by atoms with Gasteiger partial charge in [0.05, 0.1) is 12.5 Å². The van der Waals surface area contributed by atoms with Crippen molar-refractivity contribution >= 4 is 11.9 Å². The Morgan fingerprint density at radius 3 is 2.32 bits per heavy atom. The van der Waals surface area contributed by atoms with E-state index >= 15 is 0 Å². The molecule has 1 aromatic carbocycles. The lowest BCUT2D eigenvalue weighted by molar-refractivity contribution is -0.139. The summed E-state index contributed by atoms with van der Waals surface area (Å²) < 4.78 is 0. The van der Waals surface area contributed by atoms with Gasteiger partial charge in [-0.15, -0.1) is 0 Å². The van der Waals surface area contributed by atoms with E-state index in [1.807, 2.05) is 37.3 Å². The zero-order valence-corrected chi connectivity index (χ0v) is 11.6. The predicted molar refractivity (Wildman–Crippen MR) is 73.7 cm³/mol. The highest BCUT2D eigenvalue weighted by atomic mass is 16.4. The first-order chi connectivity index (χ1) is 8.80. The Hall–Kier alpha value is -1.84. The molecule has 0 radical (unpaired) electrons. The summed E-state index contributed by atoms with van der Waals surface area (Å²) in [7, 11) is 0. The van der Waals surface area contributed by atoms with Crippen LogP contribution in [0.25, 0.3) is 0 Å². The number of carbonyl (C=O) groups excluding carboxylic acids is 1. The minimum Gasteiger partial charge on any atom is -0.481 e. The SMILES string of the molecule is C[C@H](NC(=O)CC(C)(C)CC(=O)O)c1ccccc1. The van der Waals surface area contributed by atoms with Gasteiger partial charge in [-0.2, -0.15) is 0 Å². The maximum absolute atomic E-state index is 11.9.